The number of methoxy groups -OCH3 is 1. The predicted molar refractivity (Wildman–Crippen MR) is 82.6 cm³/mol. The fourth-order valence-electron chi connectivity index (χ4n) is 1.88. The molecule has 0 saturated carbocycles. The van der Waals surface area contributed by atoms with E-state index in [0.29, 0.717) is 0 Å². The Balaban J connectivity index is 2.31. The van der Waals surface area contributed by atoms with Gasteiger partial charge in [-0.25, -0.2) is 0 Å². The summed E-state index contributed by atoms with van der Waals surface area (Å²) in [6.07, 6.45) is 0. The van der Waals surface area contributed by atoms with E-state index >= 15 is 0 Å². The normalized spacial score (nSPS) is 12.2. The average Bonchev–Trinajstić information content (AvgIpc) is 2.38. The van der Waals surface area contributed by atoms with Crippen molar-refractivity contribution in [1.82, 2.24) is 0 Å². The van der Waals surface area contributed by atoms with Crippen molar-refractivity contribution in [2.45, 2.75) is 11.8 Å². The maximum Gasteiger partial charge on any atom is 0.121 e. The van der Waals surface area contributed by atoms with Crippen LogP contribution in [0, 0.1) is 6.92 Å². The lowest BCUT2D eigenvalue weighted by Gasteiger charge is -2.13. The Labute approximate surface area is 124 Å². The molecule has 0 amide bonds. The number of hydrogen-bond acceptors (Lipinski definition) is 1. The molecule has 0 spiro atoms. The molecule has 2 aromatic rings. The molecule has 94 valence electrons. The molecular weight excluding hydrogens is 356 g/mol. The number of aryl methyl sites for hydroxylation is 1. The standard InChI is InChI=1S/C15H14Br2O/c1-10-9-12(5-8-14(10)18-2)15(17)11-3-6-13(16)7-4-11/h3-9,15H,1-2H3. The molecule has 2 rings (SSSR count). The smallest absolute Gasteiger partial charge is 0.121 e. The number of hydrogen-bond donors (Lipinski definition) is 0. The molecule has 0 aliphatic heterocycles. The molecule has 0 aliphatic rings. The van der Waals surface area contributed by atoms with Crippen molar-refractivity contribution in [2.24, 2.45) is 0 Å². The molecule has 2 aromatic carbocycles. The Morgan fingerprint density at radius 2 is 1.61 bits per heavy atom. The quantitative estimate of drug-likeness (QED) is 0.671. The number of halogens is 2. The molecule has 0 aromatic heterocycles. The third-order valence-electron chi connectivity index (χ3n) is 2.87. The first-order valence-electron chi connectivity index (χ1n) is 5.66. The molecule has 0 fully saturated rings. The minimum Gasteiger partial charge on any atom is -0.496 e. The van der Waals surface area contributed by atoms with Crippen LogP contribution in [-0.2, 0) is 0 Å². The van der Waals surface area contributed by atoms with Crippen molar-refractivity contribution in [3.05, 3.63) is 63.6 Å². The summed E-state index contributed by atoms with van der Waals surface area (Å²) >= 11 is 7.19. The zero-order chi connectivity index (χ0) is 13.1. The Morgan fingerprint density at radius 1 is 1.00 bits per heavy atom. The minimum absolute atomic E-state index is 0.204. The Hall–Kier alpha value is -0.800. The molecule has 1 nitrogen and oxygen atoms in total. The van der Waals surface area contributed by atoms with Gasteiger partial charge in [0.05, 0.1) is 11.9 Å². The SMILES string of the molecule is COc1ccc(C(Br)c2ccc(Br)cc2)cc1C. The highest BCUT2D eigenvalue weighted by Crippen LogP contribution is 2.33. The van der Waals surface area contributed by atoms with Gasteiger partial charge >= 0.3 is 0 Å². The monoisotopic (exact) mass is 368 g/mol. The lowest BCUT2D eigenvalue weighted by molar-refractivity contribution is 0.411. The van der Waals surface area contributed by atoms with Crippen LogP contribution in [0.5, 0.6) is 5.75 Å². The predicted octanol–water partition coefficient (Wildman–Crippen LogP) is 5.25. The first-order chi connectivity index (χ1) is 8.61. The van der Waals surface area contributed by atoms with Crippen LogP contribution in [-0.4, -0.2) is 7.11 Å². The molecule has 1 atom stereocenters. The zero-order valence-electron chi connectivity index (χ0n) is 10.3. The van der Waals surface area contributed by atoms with Crippen LogP contribution < -0.4 is 4.74 Å². The van der Waals surface area contributed by atoms with Crippen LogP contribution >= 0.6 is 31.9 Å². The minimum atomic E-state index is 0.204. The van der Waals surface area contributed by atoms with E-state index in [1.165, 1.54) is 11.1 Å². The molecule has 0 radical (unpaired) electrons. The summed E-state index contributed by atoms with van der Waals surface area (Å²) in [7, 11) is 1.70. The number of rotatable bonds is 3. The van der Waals surface area contributed by atoms with E-state index in [1.807, 2.05) is 6.07 Å². The van der Waals surface area contributed by atoms with Crippen LogP contribution in [0.3, 0.4) is 0 Å². The molecule has 18 heavy (non-hydrogen) atoms. The summed E-state index contributed by atoms with van der Waals surface area (Å²) in [6.45, 7) is 2.06. The molecule has 0 bridgehead atoms. The zero-order valence-corrected chi connectivity index (χ0v) is 13.5. The van der Waals surface area contributed by atoms with E-state index in [4.69, 9.17) is 4.74 Å². The second-order valence-electron chi connectivity index (χ2n) is 4.14. The molecular formula is C15H14Br2O. The van der Waals surface area contributed by atoms with Gasteiger partial charge in [0, 0.05) is 4.47 Å². The summed E-state index contributed by atoms with van der Waals surface area (Å²) < 4.78 is 6.37. The van der Waals surface area contributed by atoms with Crippen LogP contribution in [0.15, 0.2) is 46.9 Å². The maximum absolute atomic E-state index is 5.28. The Kier molecular flexibility index (Phi) is 4.46. The van der Waals surface area contributed by atoms with E-state index in [2.05, 4.69) is 75.2 Å². The first-order valence-corrected chi connectivity index (χ1v) is 7.36. The van der Waals surface area contributed by atoms with Gasteiger partial charge in [0.2, 0.25) is 0 Å². The van der Waals surface area contributed by atoms with Gasteiger partial charge in [-0.05, 0) is 41.8 Å². The van der Waals surface area contributed by atoms with E-state index in [0.717, 1.165) is 15.8 Å². The highest BCUT2D eigenvalue weighted by molar-refractivity contribution is 9.10. The van der Waals surface area contributed by atoms with Crippen molar-refractivity contribution < 1.29 is 4.74 Å². The maximum atomic E-state index is 5.28. The van der Waals surface area contributed by atoms with Gasteiger partial charge in [-0.15, -0.1) is 0 Å². The molecule has 0 heterocycles. The number of benzene rings is 2. The Bertz CT molecular complexity index is 535. The molecule has 0 saturated heterocycles. The second-order valence-corrected chi connectivity index (χ2v) is 5.97. The molecule has 0 aliphatic carbocycles. The van der Waals surface area contributed by atoms with Crippen molar-refractivity contribution in [3.63, 3.8) is 0 Å². The highest BCUT2D eigenvalue weighted by atomic mass is 79.9. The van der Waals surface area contributed by atoms with Crippen molar-refractivity contribution >= 4 is 31.9 Å². The summed E-state index contributed by atoms with van der Waals surface area (Å²) in [4.78, 5) is 0.204. The third-order valence-corrected chi connectivity index (χ3v) is 4.46. The largest absolute Gasteiger partial charge is 0.496 e. The van der Waals surface area contributed by atoms with Crippen LogP contribution in [0.25, 0.3) is 0 Å². The summed E-state index contributed by atoms with van der Waals surface area (Å²) in [6, 6.07) is 14.6. The van der Waals surface area contributed by atoms with Gasteiger partial charge in [-0.3, -0.25) is 0 Å². The third kappa shape index (κ3) is 2.96. The summed E-state index contributed by atoms with van der Waals surface area (Å²) in [5, 5.41) is 0. The lowest BCUT2D eigenvalue weighted by atomic mass is 10.0. The fourth-order valence-corrected chi connectivity index (χ4v) is 2.74. The van der Waals surface area contributed by atoms with E-state index in [1.54, 1.807) is 7.11 Å². The first kappa shape index (κ1) is 13.6. The Morgan fingerprint density at radius 3 is 2.17 bits per heavy atom. The number of alkyl halides is 1. The fraction of sp³-hybridized carbons (Fsp3) is 0.200. The highest BCUT2D eigenvalue weighted by Gasteiger charge is 2.11. The topological polar surface area (TPSA) is 9.23 Å². The lowest BCUT2D eigenvalue weighted by Crippen LogP contribution is -1.95. The van der Waals surface area contributed by atoms with E-state index < -0.39 is 0 Å². The van der Waals surface area contributed by atoms with Crippen LogP contribution in [0.4, 0.5) is 0 Å². The van der Waals surface area contributed by atoms with Crippen LogP contribution in [0.1, 0.15) is 21.5 Å². The van der Waals surface area contributed by atoms with E-state index in [9.17, 15) is 0 Å². The van der Waals surface area contributed by atoms with Gasteiger partial charge in [-0.1, -0.05) is 56.1 Å². The molecule has 3 heteroatoms. The average molecular weight is 370 g/mol. The van der Waals surface area contributed by atoms with Crippen molar-refractivity contribution in [3.8, 4) is 5.75 Å². The molecule has 0 N–H and O–H groups in total. The summed E-state index contributed by atoms with van der Waals surface area (Å²) in [5.41, 5.74) is 3.62. The van der Waals surface area contributed by atoms with Crippen LogP contribution in [0.2, 0.25) is 0 Å². The molecule has 1 unspecified atom stereocenters. The van der Waals surface area contributed by atoms with Gasteiger partial charge in [0.25, 0.3) is 0 Å². The van der Waals surface area contributed by atoms with E-state index in [-0.39, 0.29) is 4.83 Å². The van der Waals surface area contributed by atoms with Gasteiger partial charge in [-0.2, -0.15) is 0 Å². The van der Waals surface area contributed by atoms with Gasteiger partial charge in [0.15, 0.2) is 0 Å². The number of ether oxygens (including phenoxy) is 1. The van der Waals surface area contributed by atoms with Crippen molar-refractivity contribution in [1.29, 1.82) is 0 Å². The van der Waals surface area contributed by atoms with Gasteiger partial charge < -0.3 is 4.74 Å². The second kappa shape index (κ2) is 5.89. The van der Waals surface area contributed by atoms with Gasteiger partial charge in [0.1, 0.15) is 5.75 Å². The summed E-state index contributed by atoms with van der Waals surface area (Å²) in [5.74, 6) is 0.925. The van der Waals surface area contributed by atoms with Crippen molar-refractivity contribution in [2.75, 3.05) is 7.11 Å².